The van der Waals surface area contributed by atoms with Crippen molar-refractivity contribution in [2.45, 2.75) is 19.0 Å². The fraction of sp³-hybridized carbons (Fsp3) is 0.125. The molecule has 34 heavy (non-hydrogen) atoms. The van der Waals surface area contributed by atoms with E-state index >= 15 is 0 Å². The van der Waals surface area contributed by atoms with Gasteiger partial charge >= 0.3 is 0 Å². The minimum absolute atomic E-state index is 0.0117. The zero-order valence-corrected chi connectivity index (χ0v) is 18.3. The number of β-lactam (4-membered cyclic amide) rings is 1. The highest BCUT2D eigenvalue weighted by Gasteiger charge is 2.57. The zero-order chi connectivity index (χ0) is 24.3. The summed E-state index contributed by atoms with van der Waals surface area (Å²) < 4.78 is 13.6. The lowest BCUT2D eigenvalue weighted by molar-refractivity contribution is -0.384. The van der Waals surface area contributed by atoms with Crippen LogP contribution in [0.2, 0.25) is 5.02 Å². The maximum Gasteiger partial charge on any atom is 0.270 e. The van der Waals surface area contributed by atoms with E-state index in [9.17, 15) is 28.9 Å². The van der Waals surface area contributed by atoms with Gasteiger partial charge in [-0.1, -0.05) is 23.7 Å². The van der Waals surface area contributed by atoms with Crippen molar-refractivity contribution >= 4 is 40.7 Å². The van der Waals surface area contributed by atoms with E-state index in [4.69, 9.17) is 11.6 Å². The van der Waals surface area contributed by atoms with Crippen LogP contribution in [-0.4, -0.2) is 33.6 Å². The SMILES string of the molecule is Cc1cc(Cl)ccc1N1C(=O)[C@@H](N2C(=O)c3ccc([N+](=O)[O-])cc3C2=O)[C@@H]1c1ccc(F)cc1. The Bertz CT molecular complexity index is 1410. The third-order valence-corrected chi connectivity index (χ3v) is 6.32. The van der Waals surface area contributed by atoms with Gasteiger partial charge in [-0.2, -0.15) is 0 Å². The van der Waals surface area contributed by atoms with Gasteiger partial charge < -0.3 is 4.90 Å². The van der Waals surface area contributed by atoms with Crippen molar-refractivity contribution in [2.75, 3.05) is 4.90 Å². The lowest BCUT2D eigenvalue weighted by Gasteiger charge is -2.50. The van der Waals surface area contributed by atoms with Gasteiger partial charge in [0, 0.05) is 22.8 Å². The smallest absolute Gasteiger partial charge is 0.270 e. The van der Waals surface area contributed by atoms with Crippen LogP contribution in [0.4, 0.5) is 15.8 Å². The van der Waals surface area contributed by atoms with Crippen molar-refractivity contribution < 1.29 is 23.7 Å². The van der Waals surface area contributed by atoms with Crippen molar-refractivity contribution in [3.8, 4) is 0 Å². The number of nitro benzene ring substituents is 1. The van der Waals surface area contributed by atoms with Crippen LogP contribution in [0.1, 0.15) is 37.9 Å². The Morgan fingerprint density at radius 1 is 0.882 bits per heavy atom. The largest absolute Gasteiger partial charge is 0.300 e. The molecule has 0 unspecified atom stereocenters. The molecule has 10 heteroatoms. The molecule has 8 nitrogen and oxygen atoms in total. The number of rotatable bonds is 4. The van der Waals surface area contributed by atoms with Crippen molar-refractivity contribution in [1.29, 1.82) is 0 Å². The van der Waals surface area contributed by atoms with E-state index in [1.165, 1.54) is 35.2 Å². The van der Waals surface area contributed by atoms with Crippen LogP contribution in [0, 0.1) is 22.9 Å². The first kappa shape index (κ1) is 21.7. The first-order valence-corrected chi connectivity index (χ1v) is 10.6. The number of imide groups is 1. The van der Waals surface area contributed by atoms with Gasteiger partial charge in [-0.05, 0) is 54.4 Å². The number of fused-ring (bicyclic) bond motifs is 1. The van der Waals surface area contributed by atoms with Crippen LogP contribution in [0.5, 0.6) is 0 Å². The van der Waals surface area contributed by atoms with Gasteiger partial charge in [0.2, 0.25) is 0 Å². The number of nitrogens with zero attached hydrogens (tertiary/aromatic N) is 3. The highest BCUT2D eigenvalue weighted by atomic mass is 35.5. The fourth-order valence-electron chi connectivity index (χ4n) is 4.49. The van der Waals surface area contributed by atoms with Crippen molar-refractivity contribution in [3.05, 3.63) is 104 Å². The molecule has 2 heterocycles. The summed E-state index contributed by atoms with van der Waals surface area (Å²) in [4.78, 5) is 52.5. The van der Waals surface area contributed by atoms with Crippen molar-refractivity contribution in [2.24, 2.45) is 0 Å². The number of non-ortho nitro benzene ring substituents is 1. The molecule has 5 rings (SSSR count). The second-order valence-corrected chi connectivity index (χ2v) is 8.48. The molecule has 1 fully saturated rings. The molecule has 3 aromatic rings. The molecule has 0 bridgehead atoms. The average molecular weight is 480 g/mol. The highest BCUT2D eigenvalue weighted by Crippen LogP contribution is 2.45. The van der Waals surface area contributed by atoms with E-state index in [1.807, 2.05) is 0 Å². The van der Waals surface area contributed by atoms with Crippen LogP contribution in [-0.2, 0) is 4.79 Å². The van der Waals surface area contributed by atoms with E-state index in [1.54, 1.807) is 25.1 Å². The molecule has 2 aliphatic rings. The van der Waals surface area contributed by atoms with E-state index in [-0.39, 0.29) is 16.8 Å². The number of carbonyl (C=O) groups excluding carboxylic acids is 3. The van der Waals surface area contributed by atoms with Crippen molar-refractivity contribution in [3.63, 3.8) is 0 Å². The minimum atomic E-state index is -1.20. The zero-order valence-electron chi connectivity index (χ0n) is 17.6. The summed E-state index contributed by atoms with van der Waals surface area (Å²) in [6.07, 6.45) is 0. The Balaban J connectivity index is 1.59. The normalized spacial score (nSPS) is 19.3. The summed E-state index contributed by atoms with van der Waals surface area (Å²) in [6.45, 7) is 1.77. The number of benzene rings is 3. The summed E-state index contributed by atoms with van der Waals surface area (Å²) in [6, 6.07) is 11.8. The Kier molecular flexibility index (Phi) is 4.94. The second kappa shape index (κ2) is 7.74. The van der Waals surface area contributed by atoms with Gasteiger partial charge in [0.1, 0.15) is 11.9 Å². The molecular weight excluding hydrogens is 465 g/mol. The van der Waals surface area contributed by atoms with Crippen LogP contribution in [0.3, 0.4) is 0 Å². The number of halogens is 2. The van der Waals surface area contributed by atoms with E-state index in [0.717, 1.165) is 17.0 Å². The molecule has 0 N–H and O–H groups in total. The van der Waals surface area contributed by atoms with E-state index in [0.29, 0.717) is 21.8 Å². The number of carbonyl (C=O) groups is 3. The van der Waals surface area contributed by atoms with Gasteiger partial charge in [-0.3, -0.25) is 29.4 Å². The third kappa shape index (κ3) is 3.16. The number of hydrogen-bond donors (Lipinski definition) is 0. The van der Waals surface area contributed by atoms with Crippen LogP contribution >= 0.6 is 11.6 Å². The summed E-state index contributed by atoms with van der Waals surface area (Å²) >= 11 is 6.06. The molecule has 2 atom stereocenters. The Morgan fingerprint density at radius 2 is 1.56 bits per heavy atom. The molecule has 0 spiro atoms. The topological polar surface area (TPSA) is 101 Å². The number of hydrogen-bond acceptors (Lipinski definition) is 5. The molecular formula is C24H15ClFN3O5. The third-order valence-electron chi connectivity index (χ3n) is 6.09. The van der Waals surface area contributed by atoms with Gasteiger partial charge in [0.15, 0.2) is 0 Å². The summed E-state index contributed by atoms with van der Waals surface area (Å²) in [5, 5.41) is 11.6. The highest BCUT2D eigenvalue weighted by molar-refractivity contribution is 6.31. The first-order valence-electron chi connectivity index (χ1n) is 10.2. The number of aryl methyl sites for hydroxylation is 1. The summed E-state index contributed by atoms with van der Waals surface area (Å²) in [5.74, 6) is -2.49. The number of nitro groups is 1. The Hall–Kier alpha value is -4.11. The summed E-state index contributed by atoms with van der Waals surface area (Å²) in [7, 11) is 0. The lowest BCUT2D eigenvalue weighted by Crippen LogP contribution is -2.67. The first-order chi connectivity index (χ1) is 16.2. The van der Waals surface area contributed by atoms with Crippen molar-refractivity contribution in [1.82, 2.24) is 4.90 Å². The molecule has 0 saturated carbocycles. The Morgan fingerprint density at radius 3 is 2.21 bits per heavy atom. The molecule has 0 aromatic heterocycles. The Labute approximate surface area is 197 Å². The van der Waals surface area contributed by atoms with Crippen LogP contribution in [0.25, 0.3) is 0 Å². The lowest BCUT2D eigenvalue weighted by atomic mass is 9.85. The number of anilines is 1. The molecule has 0 radical (unpaired) electrons. The van der Waals surface area contributed by atoms with Gasteiger partial charge in [0.25, 0.3) is 23.4 Å². The molecule has 2 aliphatic heterocycles. The van der Waals surface area contributed by atoms with Gasteiger partial charge in [0.05, 0.1) is 22.1 Å². The monoisotopic (exact) mass is 479 g/mol. The van der Waals surface area contributed by atoms with E-state index in [2.05, 4.69) is 0 Å². The second-order valence-electron chi connectivity index (χ2n) is 8.05. The van der Waals surface area contributed by atoms with Gasteiger partial charge in [-0.15, -0.1) is 0 Å². The maximum absolute atomic E-state index is 13.6. The van der Waals surface area contributed by atoms with Crippen LogP contribution < -0.4 is 4.90 Å². The van der Waals surface area contributed by atoms with Gasteiger partial charge in [-0.25, -0.2) is 4.39 Å². The van der Waals surface area contributed by atoms with E-state index < -0.39 is 40.5 Å². The number of amides is 3. The fourth-order valence-corrected chi connectivity index (χ4v) is 4.71. The predicted octanol–water partition coefficient (Wildman–Crippen LogP) is 4.45. The molecule has 3 amide bonds. The predicted molar refractivity (Wildman–Crippen MR) is 120 cm³/mol. The molecule has 1 saturated heterocycles. The average Bonchev–Trinajstić information content (AvgIpc) is 3.04. The molecule has 170 valence electrons. The maximum atomic E-state index is 13.6. The minimum Gasteiger partial charge on any atom is -0.300 e. The summed E-state index contributed by atoms with van der Waals surface area (Å²) in [5.41, 5.74) is 1.27. The van der Waals surface area contributed by atoms with Crippen LogP contribution in [0.15, 0.2) is 60.7 Å². The molecule has 0 aliphatic carbocycles. The molecule has 3 aromatic carbocycles. The standard InChI is InChI=1S/C24H15ClFN3O5/c1-12-10-14(25)4-9-19(12)27-20(13-2-5-15(26)6-3-13)21(24(27)32)28-22(30)17-8-7-16(29(33)34)11-18(17)23(28)31/h2-11,20-21H,1H3/t20-,21-/m0/s1. The quantitative estimate of drug-likeness (QED) is 0.238.